The molecule has 5 fully saturated rings. The number of hydrogen-bond acceptors (Lipinski definition) is 4. The summed E-state index contributed by atoms with van der Waals surface area (Å²) in [6.45, 7) is 9.34. The lowest BCUT2D eigenvalue weighted by Crippen LogP contribution is -2.67. The zero-order chi connectivity index (χ0) is 26.4. The van der Waals surface area contributed by atoms with Gasteiger partial charge in [0.1, 0.15) is 12.3 Å². The molecule has 214 valence electrons. The molecule has 0 aromatic carbocycles. The zero-order valence-electron chi connectivity index (χ0n) is 24.7. The van der Waals surface area contributed by atoms with E-state index in [1.807, 2.05) is 0 Å². The first-order chi connectivity index (χ1) is 17.6. The molecule has 0 aromatic rings. The standard InChI is InChI=1S/C32H58N2O3/c1-29(2,26-15-11-7-5-8-12-16-26)37-30(3,4)34-32-22-19-31(20-23-32,21-24-32)33-28(35)25-36-27-17-13-9-6-10-14-18-27/h26-27,34H,5-25H2,1-4H3,(H,33,35). The van der Waals surface area contributed by atoms with Crippen LogP contribution in [0.1, 0.15) is 156 Å². The van der Waals surface area contributed by atoms with Gasteiger partial charge in [0.25, 0.3) is 0 Å². The Hall–Kier alpha value is -0.650. The third-order valence-electron chi connectivity index (χ3n) is 10.3. The van der Waals surface area contributed by atoms with Crippen molar-refractivity contribution >= 4 is 5.91 Å². The number of carbonyl (C=O) groups excluding carboxylic acids is 1. The van der Waals surface area contributed by atoms with Crippen LogP contribution in [-0.4, -0.2) is 41.0 Å². The van der Waals surface area contributed by atoms with Crippen LogP contribution in [0.2, 0.25) is 0 Å². The lowest BCUT2D eigenvalue weighted by Gasteiger charge is -2.56. The normalized spacial score (nSPS) is 31.2. The Morgan fingerprint density at radius 1 is 0.703 bits per heavy atom. The summed E-state index contributed by atoms with van der Waals surface area (Å²) in [6, 6.07) is 0. The number of amides is 1. The molecule has 5 saturated carbocycles. The van der Waals surface area contributed by atoms with E-state index >= 15 is 0 Å². The zero-order valence-corrected chi connectivity index (χ0v) is 24.7. The van der Waals surface area contributed by atoms with E-state index in [4.69, 9.17) is 9.47 Å². The summed E-state index contributed by atoms with van der Waals surface area (Å²) in [5, 5.41) is 7.45. The van der Waals surface area contributed by atoms with E-state index in [1.54, 1.807) is 0 Å². The van der Waals surface area contributed by atoms with Crippen molar-refractivity contribution in [3.63, 3.8) is 0 Å². The van der Waals surface area contributed by atoms with Gasteiger partial charge in [-0.05, 0) is 97.8 Å². The van der Waals surface area contributed by atoms with Crippen LogP contribution in [0.15, 0.2) is 0 Å². The van der Waals surface area contributed by atoms with Gasteiger partial charge in [0.15, 0.2) is 0 Å². The van der Waals surface area contributed by atoms with E-state index in [1.165, 1.54) is 77.0 Å². The first kappa shape index (κ1) is 29.3. The number of carbonyl (C=O) groups is 1. The van der Waals surface area contributed by atoms with E-state index in [0.717, 1.165) is 51.4 Å². The predicted molar refractivity (Wildman–Crippen MR) is 152 cm³/mol. The maximum absolute atomic E-state index is 12.9. The Labute approximate surface area is 228 Å². The van der Waals surface area contributed by atoms with Gasteiger partial charge in [-0.15, -0.1) is 0 Å². The third-order valence-corrected chi connectivity index (χ3v) is 10.3. The molecule has 5 heteroatoms. The van der Waals surface area contributed by atoms with Crippen LogP contribution in [0.3, 0.4) is 0 Å². The summed E-state index contributed by atoms with van der Waals surface area (Å²) < 4.78 is 13.0. The minimum absolute atomic E-state index is 0.0338. The number of nitrogens with one attached hydrogen (secondary N) is 2. The van der Waals surface area contributed by atoms with Crippen molar-refractivity contribution in [2.24, 2.45) is 5.92 Å². The highest BCUT2D eigenvalue weighted by atomic mass is 16.5. The van der Waals surface area contributed by atoms with Crippen molar-refractivity contribution in [1.82, 2.24) is 10.6 Å². The first-order valence-electron chi connectivity index (χ1n) is 16.0. The van der Waals surface area contributed by atoms with Gasteiger partial charge < -0.3 is 14.8 Å². The summed E-state index contributed by atoms with van der Waals surface area (Å²) in [5.41, 5.74) is -0.393. The van der Waals surface area contributed by atoms with Crippen LogP contribution in [0.4, 0.5) is 0 Å². The highest BCUT2D eigenvalue weighted by molar-refractivity contribution is 5.78. The maximum Gasteiger partial charge on any atom is 0.246 e. The van der Waals surface area contributed by atoms with Gasteiger partial charge in [-0.25, -0.2) is 0 Å². The molecule has 0 radical (unpaired) electrons. The van der Waals surface area contributed by atoms with E-state index in [0.29, 0.717) is 5.92 Å². The molecule has 0 saturated heterocycles. The van der Waals surface area contributed by atoms with Crippen molar-refractivity contribution in [1.29, 1.82) is 0 Å². The Balaban J connectivity index is 1.24. The molecule has 5 aliphatic carbocycles. The van der Waals surface area contributed by atoms with Crippen LogP contribution in [0.5, 0.6) is 0 Å². The minimum atomic E-state index is -0.363. The Kier molecular flexibility index (Phi) is 10.1. The van der Waals surface area contributed by atoms with Gasteiger partial charge in [0.05, 0.1) is 11.7 Å². The van der Waals surface area contributed by atoms with E-state index in [9.17, 15) is 4.79 Å². The molecule has 0 atom stereocenters. The molecule has 0 aliphatic heterocycles. The first-order valence-corrected chi connectivity index (χ1v) is 16.0. The minimum Gasteiger partial charge on any atom is -0.368 e. The molecule has 5 aliphatic rings. The van der Waals surface area contributed by atoms with Crippen molar-refractivity contribution in [2.75, 3.05) is 6.61 Å². The SMILES string of the molecule is CC(C)(NC12CCC(NC(=O)COC3CCCCCCC3)(CC1)CC2)OC(C)(C)C1CCCCCCC1. The monoisotopic (exact) mass is 518 g/mol. The van der Waals surface area contributed by atoms with E-state index in [2.05, 4.69) is 38.3 Å². The molecule has 0 heterocycles. The molecular weight excluding hydrogens is 460 g/mol. The van der Waals surface area contributed by atoms with Crippen molar-refractivity contribution in [3.8, 4) is 0 Å². The Morgan fingerprint density at radius 3 is 1.70 bits per heavy atom. The van der Waals surface area contributed by atoms with Gasteiger partial charge >= 0.3 is 0 Å². The molecule has 2 N–H and O–H groups in total. The quantitative estimate of drug-likeness (QED) is 0.309. The molecule has 5 nitrogen and oxygen atoms in total. The highest BCUT2D eigenvalue weighted by Crippen LogP contribution is 2.48. The van der Waals surface area contributed by atoms with Gasteiger partial charge in [-0.2, -0.15) is 0 Å². The third kappa shape index (κ3) is 8.42. The van der Waals surface area contributed by atoms with Crippen molar-refractivity contribution < 1.29 is 14.3 Å². The van der Waals surface area contributed by atoms with Gasteiger partial charge in [-0.3, -0.25) is 10.1 Å². The molecule has 0 aromatic heterocycles. The van der Waals surface area contributed by atoms with Crippen LogP contribution >= 0.6 is 0 Å². The second-order valence-electron chi connectivity index (χ2n) is 14.3. The summed E-state index contributed by atoms with van der Waals surface area (Å²) in [6.07, 6.45) is 24.8. The Bertz CT molecular complexity index is 693. The largest absolute Gasteiger partial charge is 0.368 e. The molecule has 5 rings (SSSR count). The Morgan fingerprint density at radius 2 is 1.16 bits per heavy atom. The summed E-state index contributed by atoms with van der Waals surface area (Å²) in [7, 11) is 0. The smallest absolute Gasteiger partial charge is 0.246 e. The predicted octanol–water partition coefficient (Wildman–Crippen LogP) is 7.56. The average molecular weight is 519 g/mol. The van der Waals surface area contributed by atoms with Gasteiger partial charge in [-0.1, -0.05) is 64.2 Å². The number of rotatable bonds is 9. The summed E-state index contributed by atoms with van der Waals surface area (Å²) in [4.78, 5) is 12.9. The molecule has 1 amide bonds. The number of hydrogen-bond donors (Lipinski definition) is 2. The second kappa shape index (κ2) is 12.7. The molecule has 0 unspecified atom stereocenters. The molecular formula is C32H58N2O3. The summed E-state index contributed by atoms with van der Waals surface area (Å²) >= 11 is 0. The number of ether oxygens (including phenoxy) is 2. The summed E-state index contributed by atoms with van der Waals surface area (Å²) in [5.74, 6) is 0.727. The van der Waals surface area contributed by atoms with Crippen molar-refractivity contribution in [2.45, 2.75) is 185 Å². The van der Waals surface area contributed by atoms with Crippen LogP contribution in [0, 0.1) is 5.92 Å². The highest BCUT2D eigenvalue weighted by Gasteiger charge is 2.51. The van der Waals surface area contributed by atoms with E-state index in [-0.39, 0.29) is 41.0 Å². The molecule has 2 bridgehead atoms. The van der Waals surface area contributed by atoms with E-state index < -0.39 is 0 Å². The fraction of sp³-hybridized carbons (Fsp3) is 0.969. The maximum atomic E-state index is 12.9. The topological polar surface area (TPSA) is 59.6 Å². The molecule has 37 heavy (non-hydrogen) atoms. The average Bonchev–Trinajstić information content (AvgIpc) is 2.78. The van der Waals surface area contributed by atoms with Crippen LogP contribution in [0.25, 0.3) is 0 Å². The lowest BCUT2D eigenvalue weighted by molar-refractivity contribution is -0.183. The van der Waals surface area contributed by atoms with Gasteiger partial charge in [0.2, 0.25) is 5.91 Å². The fourth-order valence-electron chi connectivity index (χ4n) is 8.23. The van der Waals surface area contributed by atoms with Gasteiger partial charge in [0, 0.05) is 11.1 Å². The second-order valence-corrected chi connectivity index (χ2v) is 14.3. The number of fused-ring (bicyclic) bond motifs is 3. The lowest BCUT2D eigenvalue weighted by atomic mass is 9.61. The fourth-order valence-corrected chi connectivity index (χ4v) is 8.23. The van der Waals surface area contributed by atoms with Crippen LogP contribution < -0.4 is 10.6 Å². The van der Waals surface area contributed by atoms with Crippen LogP contribution in [-0.2, 0) is 14.3 Å². The molecule has 0 spiro atoms. The van der Waals surface area contributed by atoms with Crippen molar-refractivity contribution in [3.05, 3.63) is 0 Å².